The summed E-state index contributed by atoms with van der Waals surface area (Å²) in [5.41, 5.74) is 3.62. The first-order valence-corrected chi connectivity index (χ1v) is 12.9. The van der Waals surface area contributed by atoms with Crippen molar-refractivity contribution < 1.29 is 23.8 Å². The van der Waals surface area contributed by atoms with Gasteiger partial charge in [-0.15, -0.1) is 0 Å². The van der Waals surface area contributed by atoms with Gasteiger partial charge in [-0.3, -0.25) is 0 Å². The Hall–Kier alpha value is -3.48. The quantitative estimate of drug-likeness (QED) is 0.285. The van der Waals surface area contributed by atoms with Crippen molar-refractivity contribution in [2.24, 2.45) is 5.92 Å². The summed E-state index contributed by atoms with van der Waals surface area (Å²) < 4.78 is 17.3. The third-order valence-electron chi connectivity index (χ3n) is 7.47. The zero-order valence-electron chi connectivity index (χ0n) is 21.6. The molecule has 1 unspecified atom stereocenters. The Balaban J connectivity index is 1.26. The molecular formula is C31H33NO5. The van der Waals surface area contributed by atoms with E-state index in [2.05, 4.69) is 24.3 Å². The van der Waals surface area contributed by atoms with E-state index in [-0.39, 0.29) is 12.0 Å². The van der Waals surface area contributed by atoms with Crippen molar-refractivity contribution in [3.63, 3.8) is 0 Å². The molecule has 5 rings (SSSR count). The van der Waals surface area contributed by atoms with E-state index in [0.717, 1.165) is 47.2 Å². The number of hydrogen-bond donors (Lipinski definition) is 1. The summed E-state index contributed by atoms with van der Waals surface area (Å²) in [6.45, 7) is 4.13. The Labute approximate surface area is 217 Å². The number of benzene rings is 3. The minimum Gasteiger partial charge on any atom is -0.465 e. The molecule has 0 saturated heterocycles. The van der Waals surface area contributed by atoms with Gasteiger partial charge in [-0.2, -0.15) is 0 Å². The summed E-state index contributed by atoms with van der Waals surface area (Å²) in [6.07, 6.45) is 2.71. The fourth-order valence-corrected chi connectivity index (χ4v) is 5.40. The molecule has 1 saturated carbocycles. The summed E-state index contributed by atoms with van der Waals surface area (Å²) in [5, 5.41) is 13.6. The number of hydrogen-bond acceptors (Lipinski definition) is 6. The highest BCUT2D eigenvalue weighted by molar-refractivity contribution is 5.92. The molecule has 0 aliphatic heterocycles. The largest absolute Gasteiger partial charge is 0.465 e. The van der Waals surface area contributed by atoms with Crippen LogP contribution in [0, 0.1) is 19.8 Å². The molecular weight excluding hydrogens is 466 g/mol. The number of oxazole rings is 1. The number of carbonyl (C=O) groups excluding carboxylic acids is 1. The molecule has 3 aromatic carbocycles. The molecule has 1 N–H and O–H groups in total. The van der Waals surface area contributed by atoms with Crippen LogP contribution in [0.2, 0.25) is 0 Å². The number of methoxy groups -OCH3 is 1. The second-order valence-corrected chi connectivity index (χ2v) is 9.92. The molecule has 6 heteroatoms. The first kappa shape index (κ1) is 25.2. The summed E-state index contributed by atoms with van der Waals surface area (Å²) >= 11 is 0. The van der Waals surface area contributed by atoms with E-state index in [1.165, 1.54) is 12.5 Å². The summed E-state index contributed by atoms with van der Waals surface area (Å²) in [6, 6.07) is 20.0. The maximum atomic E-state index is 12.4. The van der Waals surface area contributed by atoms with Crippen molar-refractivity contribution in [3.05, 3.63) is 88.8 Å². The van der Waals surface area contributed by atoms with Gasteiger partial charge in [0.2, 0.25) is 5.89 Å². The van der Waals surface area contributed by atoms with Gasteiger partial charge in [0.1, 0.15) is 11.5 Å². The number of aromatic nitrogens is 1. The van der Waals surface area contributed by atoms with Crippen molar-refractivity contribution in [1.29, 1.82) is 0 Å². The zero-order chi connectivity index (χ0) is 25.9. The number of aryl methyl sites for hydroxylation is 2. The summed E-state index contributed by atoms with van der Waals surface area (Å²) in [4.78, 5) is 17.1. The molecule has 1 heterocycles. The molecule has 0 spiro atoms. The van der Waals surface area contributed by atoms with Gasteiger partial charge < -0.3 is 19.0 Å². The predicted octanol–water partition coefficient (Wildman–Crippen LogP) is 6.71. The van der Waals surface area contributed by atoms with Crippen molar-refractivity contribution in [1.82, 2.24) is 4.98 Å². The van der Waals surface area contributed by atoms with E-state index in [9.17, 15) is 9.90 Å². The summed E-state index contributed by atoms with van der Waals surface area (Å²) in [7, 11) is 1.37. The van der Waals surface area contributed by atoms with Crippen molar-refractivity contribution in [3.8, 4) is 11.5 Å². The van der Waals surface area contributed by atoms with Crippen LogP contribution in [0.3, 0.4) is 0 Å². The lowest BCUT2D eigenvalue weighted by molar-refractivity contribution is -0.0262. The molecule has 0 amide bonds. The normalized spacial score (nSPS) is 18.6. The van der Waals surface area contributed by atoms with Crippen LogP contribution < -0.4 is 0 Å². The van der Waals surface area contributed by atoms with Crippen LogP contribution in [0.5, 0.6) is 0 Å². The average Bonchev–Trinajstić information content (AvgIpc) is 3.31. The number of ether oxygens (including phenoxy) is 2. The molecule has 1 aliphatic rings. The van der Waals surface area contributed by atoms with Crippen LogP contribution >= 0.6 is 0 Å². The van der Waals surface area contributed by atoms with E-state index >= 15 is 0 Å². The number of aliphatic hydroxyl groups excluding tert-OH is 1. The summed E-state index contributed by atoms with van der Waals surface area (Å²) in [5.74, 6) is 0.918. The standard InChI is InChI=1S/C31H33NO5/c1-19-8-6-13-26(28(19)31(34)35-3)29(33)23-11-7-12-25(17-23)36-18-27-20(2)37-30(32-27)24-15-14-21-9-4-5-10-22(21)16-24/h4-6,8-10,13-16,23,25,29,33H,7,11-12,17-18H2,1-3H3/t23-,25+,29?/m1/s1. The molecule has 192 valence electrons. The van der Waals surface area contributed by atoms with Crippen LogP contribution in [-0.4, -0.2) is 29.3 Å². The number of rotatable bonds is 7. The molecule has 1 aromatic heterocycles. The Morgan fingerprint density at radius 2 is 1.89 bits per heavy atom. The van der Waals surface area contributed by atoms with Gasteiger partial charge in [-0.1, -0.05) is 55.0 Å². The molecule has 4 aromatic rings. The van der Waals surface area contributed by atoms with E-state index in [1.54, 1.807) is 0 Å². The third-order valence-corrected chi connectivity index (χ3v) is 7.47. The second kappa shape index (κ2) is 10.9. The van der Waals surface area contributed by atoms with E-state index < -0.39 is 12.1 Å². The first-order valence-electron chi connectivity index (χ1n) is 12.9. The second-order valence-electron chi connectivity index (χ2n) is 9.92. The first-order chi connectivity index (χ1) is 17.9. The molecule has 0 bridgehead atoms. The van der Waals surface area contributed by atoms with Gasteiger partial charge in [0.05, 0.1) is 31.5 Å². The third kappa shape index (κ3) is 5.31. The Morgan fingerprint density at radius 1 is 1.08 bits per heavy atom. The van der Waals surface area contributed by atoms with E-state index in [0.29, 0.717) is 30.0 Å². The number of carbonyl (C=O) groups is 1. The van der Waals surface area contributed by atoms with Crippen molar-refractivity contribution in [2.75, 3.05) is 7.11 Å². The van der Waals surface area contributed by atoms with Gasteiger partial charge in [-0.25, -0.2) is 9.78 Å². The van der Waals surface area contributed by atoms with Crippen molar-refractivity contribution in [2.45, 2.75) is 58.3 Å². The van der Waals surface area contributed by atoms with Gasteiger partial charge in [-0.05, 0) is 73.1 Å². The molecule has 37 heavy (non-hydrogen) atoms. The lowest BCUT2D eigenvalue weighted by Gasteiger charge is -2.33. The smallest absolute Gasteiger partial charge is 0.338 e. The number of nitrogens with zero attached hydrogens (tertiary/aromatic N) is 1. The van der Waals surface area contributed by atoms with Gasteiger partial charge in [0.15, 0.2) is 0 Å². The maximum Gasteiger partial charge on any atom is 0.338 e. The Bertz CT molecular complexity index is 1410. The molecule has 1 aliphatic carbocycles. The van der Waals surface area contributed by atoms with E-state index in [1.807, 2.05) is 50.2 Å². The minimum absolute atomic E-state index is 0.00000441. The van der Waals surface area contributed by atoms with Crippen molar-refractivity contribution >= 4 is 16.7 Å². The van der Waals surface area contributed by atoms with Crippen LogP contribution in [0.4, 0.5) is 0 Å². The van der Waals surface area contributed by atoms with Crippen LogP contribution in [0.15, 0.2) is 65.1 Å². The average molecular weight is 500 g/mol. The Morgan fingerprint density at radius 3 is 2.70 bits per heavy atom. The van der Waals surface area contributed by atoms with E-state index in [4.69, 9.17) is 18.9 Å². The van der Waals surface area contributed by atoms with Gasteiger partial charge in [0.25, 0.3) is 0 Å². The van der Waals surface area contributed by atoms with Crippen LogP contribution in [-0.2, 0) is 16.1 Å². The fourth-order valence-electron chi connectivity index (χ4n) is 5.40. The van der Waals surface area contributed by atoms with Gasteiger partial charge >= 0.3 is 5.97 Å². The molecule has 3 atom stereocenters. The van der Waals surface area contributed by atoms with Crippen LogP contribution in [0.25, 0.3) is 22.2 Å². The number of aliphatic hydroxyl groups is 1. The zero-order valence-corrected chi connectivity index (χ0v) is 21.6. The Kier molecular flexibility index (Phi) is 7.40. The molecule has 0 radical (unpaired) electrons. The highest BCUT2D eigenvalue weighted by atomic mass is 16.5. The topological polar surface area (TPSA) is 81.8 Å². The number of fused-ring (bicyclic) bond motifs is 1. The van der Waals surface area contributed by atoms with Gasteiger partial charge in [0, 0.05) is 5.56 Å². The maximum absolute atomic E-state index is 12.4. The van der Waals surface area contributed by atoms with Crippen LogP contribution in [0.1, 0.15) is 64.7 Å². The lowest BCUT2D eigenvalue weighted by Crippen LogP contribution is -2.28. The highest BCUT2D eigenvalue weighted by Crippen LogP contribution is 2.38. The predicted molar refractivity (Wildman–Crippen MR) is 142 cm³/mol. The molecule has 6 nitrogen and oxygen atoms in total. The SMILES string of the molecule is COC(=O)c1c(C)cccc1C(O)[C@@H]1CCC[C@H](OCc2nc(-c3ccc4ccccc4c3)oc2C)C1. The minimum atomic E-state index is -0.756. The molecule has 1 fully saturated rings. The monoisotopic (exact) mass is 499 g/mol. The number of esters is 1. The lowest BCUT2D eigenvalue weighted by atomic mass is 9.80. The fraction of sp³-hybridized carbons (Fsp3) is 0.355. The highest BCUT2D eigenvalue weighted by Gasteiger charge is 2.32.